The molecule has 0 aromatic heterocycles. The Balaban J connectivity index is 2.55. The molecule has 0 spiro atoms. The van der Waals surface area contributed by atoms with E-state index in [1.54, 1.807) is 0 Å². The smallest absolute Gasteiger partial charge is 0.304 e. The predicted molar refractivity (Wildman–Crippen MR) is 69.5 cm³/mol. The van der Waals surface area contributed by atoms with Crippen molar-refractivity contribution in [2.45, 2.75) is 45.6 Å². The highest BCUT2D eigenvalue weighted by Crippen LogP contribution is 2.16. The van der Waals surface area contributed by atoms with Gasteiger partial charge in [-0.15, -0.1) is 0 Å². The van der Waals surface area contributed by atoms with Crippen molar-refractivity contribution in [2.75, 3.05) is 19.6 Å². The monoisotopic (exact) mass is 270 g/mol. The summed E-state index contributed by atoms with van der Waals surface area (Å²) in [6.45, 7) is 7.23. The molecule has 0 unspecified atom stereocenters. The first-order valence-corrected chi connectivity index (χ1v) is 6.52. The van der Waals surface area contributed by atoms with E-state index in [-0.39, 0.29) is 23.8 Å². The third kappa shape index (κ3) is 4.63. The highest BCUT2D eigenvalue weighted by molar-refractivity contribution is 6.01. The van der Waals surface area contributed by atoms with Crippen LogP contribution in [0, 0.1) is 0 Å². The number of imide groups is 1. The molecule has 1 fully saturated rings. The van der Waals surface area contributed by atoms with Gasteiger partial charge in [0.1, 0.15) is 0 Å². The van der Waals surface area contributed by atoms with Crippen LogP contribution in [0.15, 0.2) is 0 Å². The van der Waals surface area contributed by atoms with E-state index in [1.807, 2.05) is 25.7 Å². The Hall–Kier alpha value is -1.43. The van der Waals surface area contributed by atoms with Crippen molar-refractivity contribution in [3.63, 3.8) is 0 Å². The van der Waals surface area contributed by atoms with Gasteiger partial charge < -0.3 is 5.11 Å². The molecule has 0 atom stereocenters. The first-order chi connectivity index (χ1) is 8.71. The predicted octanol–water partition coefficient (Wildman–Crippen LogP) is 0.711. The number of hydrogen-bond donors (Lipinski definition) is 1. The highest BCUT2D eigenvalue weighted by atomic mass is 16.4. The third-order valence-electron chi connectivity index (χ3n) is 3.29. The fourth-order valence-electron chi connectivity index (χ4n) is 2.11. The fourth-order valence-corrected chi connectivity index (χ4v) is 2.11. The topological polar surface area (TPSA) is 77.9 Å². The zero-order valence-corrected chi connectivity index (χ0v) is 11.8. The van der Waals surface area contributed by atoms with Crippen LogP contribution in [0.5, 0.6) is 0 Å². The average Bonchev–Trinajstić information content (AvgIpc) is 2.57. The van der Waals surface area contributed by atoms with Crippen LogP contribution in [0.2, 0.25) is 0 Å². The molecule has 1 rings (SSSR count). The summed E-state index contributed by atoms with van der Waals surface area (Å²) in [5.41, 5.74) is -0.193. The molecule has 1 heterocycles. The zero-order valence-electron chi connectivity index (χ0n) is 11.8. The summed E-state index contributed by atoms with van der Waals surface area (Å²) in [4.78, 5) is 36.9. The van der Waals surface area contributed by atoms with Gasteiger partial charge in [0.2, 0.25) is 11.8 Å². The molecule has 1 N–H and O–H groups in total. The van der Waals surface area contributed by atoms with Crippen LogP contribution in [0.1, 0.15) is 40.0 Å². The standard InChI is InChI=1S/C13H22N2O4/c1-13(2,3)14(7-6-12(18)19)8-9-15-10(16)4-5-11(15)17/h4-9H2,1-3H3,(H,18,19). The number of nitrogens with zero attached hydrogens (tertiary/aromatic N) is 2. The molecule has 1 saturated heterocycles. The van der Waals surface area contributed by atoms with Crippen molar-refractivity contribution < 1.29 is 19.5 Å². The van der Waals surface area contributed by atoms with Crippen molar-refractivity contribution in [1.29, 1.82) is 0 Å². The van der Waals surface area contributed by atoms with Crippen LogP contribution < -0.4 is 0 Å². The van der Waals surface area contributed by atoms with Crippen LogP contribution in [0.3, 0.4) is 0 Å². The molecule has 2 amide bonds. The van der Waals surface area contributed by atoms with Gasteiger partial charge in [0, 0.05) is 38.0 Å². The number of hydrogen-bond acceptors (Lipinski definition) is 4. The Morgan fingerprint density at radius 1 is 1.21 bits per heavy atom. The van der Waals surface area contributed by atoms with E-state index in [0.29, 0.717) is 32.5 Å². The first kappa shape index (κ1) is 15.6. The molecule has 6 nitrogen and oxygen atoms in total. The summed E-state index contributed by atoms with van der Waals surface area (Å²) in [6.07, 6.45) is 0.645. The molecule has 0 saturated carbocycles. The second kappa shape index (κ2) is 6.14. The number of carbonyl (C=O) groups excluding carboxylic acids is 2. The van der Waals surface area contributed by atoms with Crippen molar-refractivity contribution in [1.82, 2.24) is 9.80 Å². The summed E-state index contributed by atoms with van der Waals surface area (Å²) in [5, 5.41) is 8.75. The number of aliphatic carboxylic acids is 1. The van der Waals surface area contributed by atoms with Crippen molar-refractivity contribution in [3.05, 3.63) is 0 Å². The van der Waals surface area contributed by atoms with E-state index in [9.17, 15) is 14.4 Å². The van der Waals surface area contributed by atoms with Gasteiger partial charge in [0.15, 0.2) is 0 Å². The number of carboxylic acids is 1. The summed E-state index contributed by atoms with van der Waals surface area (Å²) < 4.78 is 0. The van der Waals surface area contributed by atoms with Crippen LogP contribution in [-0.2, 0) is 14.4 Å². The van der Waals surface area contributed by atoms with E-state index in [2.05, 4.69) is 0 Å². The molecule has 108 valence electrons. The quantitative estimate of drug-likeness (QED) is 0.719. The van der Waals surface area contributed by atoms with E-state index < -0.39 is 5.97 Å². The molecule has 0 aliphatic carbocycles. The number of amides is 2. The van der Waals surface area contributed by atoms with Gasteiger partial charge in [-0.2, -0.15) is 0 Å². The number of carbonyl (C=O) groups is 3. The normalized spacial score (nSPS) is 16.5. The Morgan fingerprint density at radius 3 is 2.16 bits per heavy atom. The van der Waals surface area contributed by atoms with Crippen molar-refractivity contribution >= 4 is 17.8 Å². The minimum atomic E-state index is -0.845. The lowest BCUT2D eigenvalue weighted by molar-refractivity contribution is -0.140. The van der Waals surface area contributed by atoms with Gasteiger partial charge in [-0.25, -0.2) is 0 Å². The van der Waals surface area contributed by atoms with Gasteiger partial charge >= 0.3 is 5.97 Å². The molecule has 0 bridgehead atoms. The molecule has 1 aliphatic rings. The molecular formula is C13H22N2O4. The lowest BCUT2D eigenvalue weighted by atomic mass is 10.1. The van der Waals surface area contributed by atoms with Gasteiger partial charge in [0.25, 0.3) is 0 Å². The van der Waals surface area contributed by atoms with E-state index >= 15 is 0 Å². The summed E-state index contributed by atoms with van der Waals surface area (Å²) in [5.74, 6) is -1.10. The highest BCUT2D eigenvalue weighted by Gasteiger charge is 2.30. The van der Waals surface area contributed by atoms with Crippen LogP contribution in [-0.4, -0.2) is 57.9 Å². The Kier molecular flexibility index (Phi) is 5.05. The minimum absolute atomic E-state index is 0.0547. The lowest BCUT2D eigenvalue weighted by Gasteiger charge is -2.36. The SMILES string of the molecule is CC(C)(C)N(CCC(=O)O)CCN1C(=O)CCC1=O. The molecule has 19 heavy (non-hydrogen) atoms. The molecule has 6 heteroatoms. The van der Waals surface area contributed by atoms with E-state index in [4.69, 9.17) is 5.11 Å². The summed E-state index contributed by atoms with van der Waals surface area (Å²) >= 11 is 0. The van der Waals surface area contributed by atoms with Crippen LogP contribution in [0.4, 0.5) is 0 Å². The van der Waals surface area contributed by atoms with Crippen molar-refractivity contribution in [2.24, 2.45) is 0 Å². The van der Waals surface area contributed by atoms with Gasteiger partial charge in [-0.3, -0.25) is 24.2 Å². The Labute approximate surface area is 113 Å². The molecule has 0 aromatic rings. The summed E-state index contributed by atoms with van der Waals surface area (Å²) in [6, 6.07) is 0. The zero-order chi connectivity index (χ0) is 14.6. The fraction of sp³-hybridized carbons (Fsp3) is 0.769. The van der Waals surface area contributed by atoms with E-state index in [0.717, 1.165) is 0 Å². The molecule has 0 radical (unpaired) electrons. The van der Waals surface area contributed by atoms with Crippen LogP contribution in [0.25, 0.3) is 0 Å². The molecular weight excluding hydrogens is 248 g/mol. The number of rotatable bonds is 6. The van der Waals surface area contributed by atoms with Gasteiger partial charge in [0.05, 0.1) is 6.42 Å². The number of likely N-dealkylation sites (tertiary alicyclic amines) is 1. The maximum atomic E-state index is 11.5. The Bertz CT molecular complexity index is 357. The third-order valence-corrected chi connectivity index (χ3v) is 3.29. The average molecular weight is 270 g/mol. The maximum Gasteiger partial charge on any atom is 0.304 e. The first-order valence-electron chi connectivity index (χ1n) is 6.52. The largest absolute Gasteiger partial charge is 0.481 e. The maximum absolute atomic E-state index is 11.5. The lowest BCUT2D eigenvalue weighted by Crippen LogP contribution is -2.47. The van der Waals surface area contributed by atoms with E-state index in [1.165, 1.54) is 4.90 Å². The Morgan fingerprint density at radius 2 is 1.74 bits per heavy atom. The molecule has 0 aromatic carbocycles. The van der Waals surface area contributed by atoms with Gasteiger partial charge in [-0.1, -0.05) is 0 Å². The van der Waals surface area contributed by atoms with Crippen LogP contribution >= 0.6 is 0 Å². The van der Waals surface area contributed by atoms with Crippen molar-refractivity contribution in [3.8, 4) is 0 Å². The number of carboxylic acid groups (broad SMARTS) is 1. The molecule has 1 aliphatic heterocycles. The minimum Gasteiger partial charge on any atom is -0.481 e. The van der Waals surface area contributed by atoms with Gasteiger partial charge in [-0.05, 0) is 20.8 Å². The summed E-state index contributed by atoms with van der Waals surface area (Å²) in [7, 11) is 0. The second-order valence-corrected chi connectivity index (χ2v) is 5.74. The second-order valence-electron chi connectivity index (χ2n) is 5.74.